The number of aromatic nitrogens is 1. The van der Waals surface area contributed by atoms with E-state index >= 15 is 0 Å². The fraction of sp³-hybridized carbons (Fsp3) is 0.684. The van der Waals surface area contributed by atoms with E-state index in [1.807, 2.05) is 19.1 Å². The first-order valence-corrected chi connectivity index (χ1v) is 11.7. The Morgan fingerprint density at radius 2 is 2.19 bits per heavy atom. The highest BCUT2D eigenvalue weighted by molar-refractivity contribution is 7.89. The minimum absolute atomic E-state index is 0.222. The molecule has 8 heteroatoms. The van der Waals surface area contributed by atoms with Gasteiger partial charge in [-0.1, -0.05) is 26.2 Å². The van der Waals surface area contributed by atoms with Crippen molar-refractivity contribution in [3.8, 4) is 0 Å². The molecule has 4 rings (SSSR count). The van der Waals surface area contributed by atoms with Gasteiger partial charge in [-0.15, -0.1) is 0 Å². The zero-order valence-electron chi connectivity index (χ0n) is 15.9. The monoisotopic (exact) mass is 391 g/mol. The van der Waals surface area contributed by atoms with Crippen LogP contribution in [0.5, 0.6) is 0 Å². The number of unbranched alkanes of at least 4 members (excludes halogenated alkanes) is 1. The number of hydrogen-bond acceptors (Lipinski definition) is 5. The Morgan fingerprint density at radius 1 is 1.37 bits per heavy atom. The highest BCUT2D eigenvalue weighted by Crippen LogP contribution is 2.37. The van der Waals surface area contributed by atoms with E-state index in [4.69, 9.17) is 4.99 Å². The molecule has 1 saturated heterocycles. The number of fused-ring (bicyclic) bond motifs is 1. The van der Waals surface area contributed by atoms with Gasteiger partial charge in [-0.3, -0.25) is 4.99 Å². The second-order valence-corrected chi connectivity index (χ2v) is 9.99. The number of nitrogens with zero attached hydrogens (tertiary/aromatic N) is 3. The van der Waals surface area contributed by atoms with Crippen LogP contribution in [0.1, 0.15) is 51.9 Å². The van der Waals surface area contributed by atoms with Crippen LogP contribution in [-0.4, -0.2) is 54.0 Å². The van der Waals surface area contributed by atoms with Gasteiger partial charge >= 0.3 is 0 Å². The summed E-state index contributed by atoms with van der Waals surface area (Å²) in [5, 5.41) is 7.02. The van der Waals surface area contributed by atoms with E-state index in [1.54, 1.807) is 10.5 Å². The molecule has 1 aromatic rings. The fourth-order valence-corrected chi connectivity index (χ4v) is 5.99. The van der Waals surface area contributed by atoms with Gasteiger partial charge in [-0.25, -0.2) is 13.4 Å². The number of rotatable bonds is 5. The molecule has 2 N–H and O–H groups in total. The van der Waals surface area contributed by atoms with Crippen LogP contribution in [-0.2, 0) is 10.0 Å². The van der Waals surface area contributed by atoms with E-state index in [0.29, 0.717) is 32.0 Å². The van der Waals surface area contributed by atoms with Crippen LogP contribution in [0.4, 0.5) is 11.5 Å². The van der Waals surface area contributed by atoms with Crippen molar-refractivity contribution in [3.05, 3.63) is 18.3 Å². The van der Waals surface area contributed by atoms with Crippen LogP contribution in [0, 0.1) is 0 Å². The Kier molecular flexibility index (Phi) is 5.11. The topological polar surface area (TPSA) is 86.7 Å². The first-order chi connectivity index (χ1) is 13.0. The van der Waals surface area contributed by atoms with Crippen molar-refractivity contribution < 1.29 is 8.42 Å². The van der Waals surface area contributed by atoms with Gasteiger partial charge in [0.15, 0.2) is 5.82 Å². The van der Waals surface area contributed by atoms with E-state index in [2.05, 4.69) is 15.6 Å². The highest BCUT2D eigenvalue weighted by Gasteiger charge is 2.49. The molecule has 3 heterocycles. The largest absolute Gasteiger partial charge is 0.369 e. The van der Waals surface area contributed by atoms with Crippen molar-refractivity contribution in [2.45, 2.75) is 63.5 Å². The zero-order chi connectivity index (χ0) is 18.9. The first-order valence-electron chi connectivity index (χ1n) is 10.1. The maximum absolute atomic E-state index is 12.7. The van der Waals surface area contributed by atoms with E-state index in [-0.39, 0.29) is 5.75 Å². The van der Waals surface area contributed by atoms with Crippen LogP contribution in [0.15, 0.2) is 23.3 Å². The zero-order valence-corrected chi connectivity index (χ0v) is 16.8. The van der Waals surface area contributed by atoms with Crippen LogP contribution in [0.3, 0.4) is 0 Å². The number of nitrogens with one attached hydrogen (secondary N) is 2. The summed E-state index contributed by atoms with van der Waals surface area (Å²) in [5.74, 6) is 1.85. The number of amidine groups is 1. The van der Waals surface area contributed by atoms with E-state index < -0.39 is 15.6 Å². The molecule has 0 radical (unpaired) electrons. The van der Waals surface area contributed by atoms with Crippen molar-refractivity contribution in [2.24, 2.45) is 4.99 Å². The third-order valence-electron chi connectivity index (χ3n) is 5.89. The van der Waals surface area contributed by atoms with Crippen LogP contribution in [0.2, 0.25) is 0 Å². The Bertz CT molecular complexity index is 819. The third-order valence-corrected chi connectivity index (χ3v) is 7.79. The molecular formula is C19H29N5O2S. The first kappa shape index (κ1) is 18.7. The SMILES string of the molecule is CCCCS(=O)(=O)N1CCC2(C1)Nc1cccnc1NC2=NC1CCCC1. The number of sulfonamides is 1. The number of aliphatic imine (C=N–C) groups is 1. The van der Waals surface area contributed by atoms with Crippen LogP contribution >= 0.6 is 0 Å². The highest BCUT2D eigenvalue weighted by atomic mass is 32.2. The van der Waals surface area contributed by atoms with Gasteiger partial charge in [0.1, 0.15) is 11.4 Å². The average molecular weight is 392 g/mol. The molecule has 1 saturated carbocycles. The molecule has 0 bridgehead atoms. The molecule has 2 aliphatic heterocycles. The van der Waals surface area contributed by atoms with E-state index in [1.165, 1.54) is 12.8 Å². The van der Waals surface area contributed by atoms with E-state index in [0.717, 1.165) is 36.6 Å². The molecule has 7 nitrogen and oxygen atoms in total. The van der Waals surface area contributed by atoms with Gasteiger partial charge < -0.3 is 10.6 Å². The minimum Gasteiger partial charge on any atom is -0.369 e. The quantitative estimate of drug-likeness (QED) is 0.806. The summed E-state index contributed by atoms with van der Waals surface area (Å²) >= 11 is 0. The molecule has 1 aliphatic carbocycles. The number of hydrogen-bond donors (Lipinski definition) is 2. The predicted molar refractivity (Wildman–Crippen MR) is 109 cm³/mol. The summed E-state index contributed by atoms with van der Waals surface area (Å²) in [4.78, 5) is 9.45. The lowest BCUT2D eigenvalue weighted by molar-refractivity contribution is 0.465. The predicted octanol–water partition coefficient (Wildman–Crippen LogP) is 2.83. The van der Waals surface area contributed by atoms with Gasteiger partial charge in [0.25, 0.3) is 0 Å². The van der Waals surface area contributed by atoms with Crippen molar-refractivity contribution >= 4 is 27.4 Å². The molecule has 1 unspecified atom stereocenters. The van der Waals surface area contributed by atoms with Gasteiger partial charge in [0.05, 0.1) is 17.5 Å². The Balaban J connectivity index is 1.64. The summed E-state index contributed by atoms with van der Waals surface area (Å²) in [6.07, 6.45) is 8.70. The molecule has 1 aromatic heterocycles. The molecule has 148 valence electrons. The van der Waals surface area contributed by atoms with Crippen LogP contribution < -0.4 is 10.6 Å². The Labute approximate surface area is 161 Å². The lowest BCUT2D eigenvalue weighted by Crippen LogP contribution is -2.55. The second-order valence-electron chi connectivity index (χ2n) is 7.90. The average Bonchev–Trinajstić information content (AvgIpc) is 3.32. The lowest BCUT2D eigenvalue weighted by Gasteiger charge is -2.38. The second kappa shape index (κ2) is 7.39. The Hall–Kier alpha value is -1.67. The third kappa shape index (κ3) is 3.69. The molecule has 3 aliphatic rings. The normalized spacial score (nSPS) is 27.7. The molecule has 27 heavy (non-hydrogen) atoms. The standard InChI is InChI=1S/C19H29N5O2S/c1-2-3-13-27(25,26)24-12-10-19(14-24)18(21-15-7-4-5-8-15)22-17-16(23-19)9-6-11-20-17/h6,9,11,15,23H,2-5,7-8,10,12-14H2,1H3,(H,20,21,22). The van der Waals surface area contributed by atoms with Crippen molar-refractivity contribution in [1.82, 2.24) is 9.29 Å². The van der Waals surface area contributed by atoms with Gasteiger partial charge in [-0.05, 0) is 37.8 Å². The maximum Gasteiger partial charge on any atom is 0.214 e. The lowest BCUT2D eigenvalue weighted by atomic mass is 9.93. The number of pyridine rings is 1. The summed E-state index contributed by atoms with van der Waals surface area (Å²) in [5.41, 5.74) is 0.424. The minimum atomic E-state index is -3.23. The molecule has 0 aromatic carbocycles. The smallest absolute Gasteiger partial charge is 0.214 e. The van der Waals surface area contributed by atoms with E-state index in [9.17, 15) is 8.42 Å². The fourth-order valence-electron chi connectivity index (χ4n) is 4.29. The van der Waals surface area contributed by atoms with Crippen molar-refractivity contribution in [2.75, 3.05) is 29.5 Å². The summed E-state index contributed by atoms with van der Waals surface area (Å²) in [7, 11) is -3.23. The van der Waals surface area contributed by atoms with Gasteiger partial charge in [0.2, 0.25) is 10.0 Å². The summed E-state index contributed by atoms with van der Waals surface area (Å²) < 4.78 is 27.1. The molecule has 1 atom stereocenters. The number of anilines is 2. The molecule has 0 amide bonds. The molecular weight excluding hydrogens is 362 g/mol. The molecule has 1 spiro atoms. The van der Waals surface area contributed by atoms with Gasteiger partial charge in [-0.2, -0.15) is 4.31 Å². The summed E-state index contributed by atoms with van der Waals surface area (Å²) in [6, 6.07) is 4.20. The molecule has 2 fully saturated rings. The van der Waals surface area contributed by atoms with Gasteiger partial charge in [0, 0.05) is 19.3 Å². The van der Waals surface area contributed by atoms with Crippen molar-refractivity contribution in [1.29, 1.82) is 0 Å². The summed E-state index contributed by atoms with van der Waals surface area (Å²) in [6.45, 7) is 2.97. The Morgan fingerprint density at radius 3 is 2.96 bits per heavy atom. The van der Waals surface area contributed by atoms with Crippen LogP contribution in [0.25, 0.3) is 0 Å². The van der Waals surface area contributed by atoms with Crippen molar-refractivity contribution in [3.63, 3.8) is 0 Å². The maximum atomic E-state index is 12.7.